The first-order valence-corrected chi connectivity index (χ1v) is 10.8. The van der Waals surface area contributed by atoms with E-state index in [1.807, 2.05) is 35.2 Å². The smallest absolute Gasteiger partial charge is 0.235 e. The SMILES string of the molecule is CC(C)C1CCC(N2CCC3(CC2)C(CO)C(=O)N3c2ccccc2)CC1. The molecule has 1 aliphatic carbocycles. The zero-order valence-electron chi connectivity index (χ0n) is 16.8. The zero-order valence-corrected chi connectivity index (χ0v) is 16.8. The van der Waals surface area contributed by atoms with Crippen molar-refractivity contribution in [2.75, 3.05) is 24.6 Å². The molecule has 1 spiro atoms. The quantitative estimate of drug-likeness (QED) is 0.822. The van der Waals surface area contributed by atoms with Crippen molar-refractivity contribution in [1.29, 1.82) is 0 Å². The van der Waals surface area contributed by atoms with Crippen LogP contribution in [0, 0.1) is 17.8 Å². The number of carbonyl (C=O) groups excluding carboxylic acids is 1. The maximum Gasteiger partial charge on any atom is 0.235 e. The molecule has 1 unspecified atom stereocenters. The van der Waals surface area contributed by atoms with Gasteiger partial charge < -0.3 is 14.9 Å². The number of hydrogen-bond donors (Lipinski definition) is 1. The van der Waals surface area contributed by atoms with E-state index in [1.54, 1.807) is 0 Å². The zero-order chi connectivity index (χ0) is 19.0. The van der Waals surface area contributed by atoms with Crippen LogP contribution in [-0.2, 0) is 4.79 Å². The number of rotatable bonds is 4. The van der Waals surface area contributed by atoms with Crippen LogP contribution in [-0.4, -0.2) is 47.2 Å². The lowest BCUT2D eigenvalue weighted by Crippen LogP contribution is -2.75. The third-order valence-corrected chi connectivity index (χ3v) is 7.67. The molecule has 2 aliphatic heterocycles. The van der Waals surface area contributed by atoms with Gasteiger partial charge in [-0.3, -0.25) is 4.79 Å². The van der Waals surface area contributed by atoms with Crippen molar-refractivity contribution in [3.63, 3.8) is 0 Å². The number of anilines is 1. The fraction of sp³-hybridized carbons (Fsp3) is 0.696. The van der Waals surface area contributed by atoms with Crippen molar-refractivity contribution in [1.82, 2.24) is 4.90 Å². The summed E-state index contributed by atoms with van der Waals surface area (Å²) in [5.41, 5.74) is 0.803. The van der Waals surface area contributed by atoms with Crippen LogP contribution in [0.2, 0.25) is 0 Å². The van der Waals surface area contributed by atoms with Gasteiger partial charge in [-0.15, -0.1) is 0 Å². The summed E-state index contributed by atoms with van der Waals surface area (Å²) in [7, 11) is 0. The number of nitrogens with zero attached hydrogens (tertiary/aromatic N) is 2. The van der Waals surface area contributed by atoms with Crippen LogP contribution < -0.4 is 4.90 Å². The molecular weight excluding hydrogens is 336 g/mol. The first kappa shape index (κ1) is 18.9. The van der Waals surface area contributed by atoms with E-state index < -0.39 is 0 Å². The third-order valence-electron chi connectivity index (χ3n) is 7.67. The van der Waals surface area contributed by atoms with Crippen molar-refractivity contribution >= 4 is 11.6 Å². The predicted molar refractivity (Wildman–Crippen MR) is 109 cm³/mol. The van der Waals surface area contributed by atoms with Crippen LogP contribution in [0.5, 0.6) is 0 Å². The molecule has 4 rings (SSSR count). The molecule has 2 saturated heterocycles. The molecule has 27 heavy (non-hydrogen) atoms. The normalized spacial score (nSPS) is 31.3. The number of amides is 1. The number of para-hydroxylation sites is 1. The van der Waals surface area contributed by atoms with Gasteiger partial charge in [0, 0.05) is 24.8 Å². The highest BCUT2D eigenvalue weighted by Gasteiger charge is 2.60. The minimum Gasteiger partial charge on any atom is -0.395 e. The number of benzene rings is 1. The Balaban J connectivity index is 1.43. The molecule has 1 atom stereocenters. The molecule has 148 valence electrons. The lowest BCUT2D eigenvalue weighted by atomic mass is 9.66. The molecule has 3 aliphatic rings. The second-order valence-electron chi connectivity index (χ2n) is 9.20. The summed E-state index contributed by atoms with van der Waals surface area (Å²) in [6, 6.07) is 10.7. The summed E-state index contributed by atoms with van der Waals surface area (Å²) in [6.07, 6.45) is 7.31. The molecule has 4 nitrogen and oxygen atoms in total. The minimum absolute atomic E-state index is 0.0261. The van der Waals surface area contributed by atoms with E-state index in [0.717, 1.165) is 43.5 Å². The van der Waals surface area contributed by atoms with Crippen molar-refractivity contribution in [2.45, 2.75) is 64.0 Å². The maximum absolute atomic E-state index is 12.7. The van der Waals surface area contributed by atoms with Gasteiger partial charge in [0.1, 0.15) is 0 Å². The number of hydrogen-bond acceptors (Lipinski definition) is 3. The summed E-state index contributed by atoms with van der Waals surface area (Å²) in [4.78, 5) is 17.4. The van der Waals surface area contributed by atoms with Gasteiger partial charge in [0.05, 0.1) is 18.1 Å². The summed E-state index contributed by atoms with van der Waals surface area (Å²) >= 11 is 0. The lowest BCUT2D eigenvalue weighted by Gasteiger charge is -2.60. The monoisotopic (exact) mass is 370 g/mol. The van der Waals surface area contributed by atoms with Crippen LogP contribution in [0.4, 0.5) is 5.69 Å². The van der Waals surface area contributed by atoms with Gasteiger partial charge >= 0.3 is 0 Å². The van der Waals surface area contributed by atoms with Crippen molar-refractivity contribution in [2.24, 2.45) is 17.8 Å². The molecule has 0 radical (unpaired) electrons. The fourth-order valence-electron chi connectivity index (χ4n) is 5.89. The lowest BCUT2D eigenvalue weighted by molar-refractivity contribution is -0.140. The average Bonchev–Trinajstić information content (AvgIpc) is 2.70. The molecule has 3 fully saturated rings. The van der Waals surface area contributed by atoms with Crippen LogP contribution in [0.15, 0.2) is 30.3 Å². The van der Waals surface area contributed by atoms with Gasteiger partial charge in [0.25, 0.3) is 0 Å². The molecule has 1 N–H and O–H groups in total. The molecule has 1 saturated carbocycles. The second kappa shape index (κ2) is 7.56. The third kappa shape index (κ3) is 3.21. The number of aliphatic hydroxyl groups excluding tert-OH is 1. The Labute approximate surface area is 163 Å². The second-order valence-corrected chi connectivity index (χ2v) is 9.20. The number of piperidine rings is 1. The van der Waals surface area contributed by atoms with E-state index in [-0.39, 0.29) is 24.0 Å². The summed E-state index contributed by atoms with van der Waals surface area (Å²) in [6.45, 7) is 6.78. The Hall–Kier alpha value is -1.39. The van der Waals surface area contributed by atoms with Crippen molar-refractivity contribution in [3.8, 4) is 0 Å². The van der Waals surface area contributed by atoms with Crippen LogP contribution in [0.25, 0.3) is 0 Å². The van der Waals surface area contributed by atoms with Gasteiger partial charge in [-0.1, -0.05) is 32.0 Å². The van der Waals surface area contributed by atoms with Crippen LogP contribution in [0.3, 0.4) is 0 Å². The van der Waals surface area contributed by atoms with E-state index in [9.17, 15) is 9.90 Å². The van der Waals surface area contributed by atoms with Gasteiger partial charge in [0.2, 0.25) is 5.91 Å². The highest BCUT2D eigenvalue weighted by molar-refractivity contribution is 6.05. The average molecular weight is 371 g/mol. The molecule has 0 aromatic heterocycles. The Bertz CT molecular complexity index is 644. The van der Waals surface area contributed by atoms with Gasteiger partial charge in [-0.25, -0.2) is 0 Å². The molecule has 1 amide bonds. The molecule has 2 heterocycles. The highest BCUT2D eigenvalue weighted by atomic mass is 16.3. The first-order valence-electron chi connectivity index (χ1n) is 10.8. The topological polar surface area (TPSA) is 43.8 Å². The summed E-state index contributed by atoms with van der Waals surface area (Å²) < 4.78 is 0. The standard InChI is InChI=1S/C23H34N2O2/c1-17(2)18-8-10-19(11-9-18)24-14-12-23(13-15-24)21(16-26)22(27)25(23)20-6-4-3-5-7-20/h3-7,17-19,21,26H,8-16H2,1-2H3. The van der Waals surface area contributed by atoms with Crippen molar-refractivity contribution < 1.29 is 9.90 Å². The predicted octanol–water partition coefficient (Wildman–Crippen LogP) is 3.69. The summed E-state index contributed by atoms with van der Waals surface area (Å²) in [5.74, 6) is 1.57. The highest BCUT2D eigenvalue weighted by Crippen LogP contribution is 2.48. The van der Waals surface area contributed by atoms with Crippen LogP contribution in [0.1, 0.15) is 52.4 Å². The van der Waals surface area contributed by atoms with Crippen LogP contribution >= 0.6 is 0 Å². The minimum atomic E-state index is -0.225. The van der Waals surface area contributed by atoms with Crippen molar-refractivity contribution in [3.05, 3.63) is 30.3 Å². The van der Waals surface area contributed by atoms with E-state index >= 15 is 0 Å². The Morgan fingerprint density at radius 2 is 1.70 bits per heavy atom. The Morgan fingerprint density at radius 3 is 2.26 bits per heavy atom. The maximum atomic E-state index is 12.7. The van der Waals surface area contributed by atoms with Gasteiger partial charge in [0.15, 0.2) is 0 Å². The molecular formula is C23H34N2O2. The van der Waals surface area contributed by atoms with E-state index in [4.69, 9.17) is 0 Å². The summed E-state index contributed by atoms with van der Waals surface area (Å²) in [5, 5.41) is 9.87. The number of likely N-dealkylation sites (tertiary alicyclic amines) is 1. The Kier molecular flexibility index (Phi) is 5.30. The molecule has 0 bridgehead atoms. The van der Waals surface area contributed by atoms with E-state index in [0.29, 0.717) is 6.04 Å². The van der Waals surface area contributed by atoms with Gasteiger partial charge in [-0.05, 0) is 62.5 Å². The number of carbonyl (C=O) groups is 1. The van der Waals surface area contributed by atoms with E-state index in [1.165, 1.54) is 25.7 Å². The Morgan fingerprint density at radius 1 is 1.07 bits per heavy atom. The molecule has 1 aromatic rings. The number of aliphatic hydroxyl groups is 1. The van der Waals surface area contributed by atoms with E-state index in [2.05, 4.69) is 18.7 Å². The molecule has 1 aromatic carbocycles. The van der Waals surface area contributed by atoms with Gasteiger partial charge in [-0.2, -0.15) is 0 Å². The first-order chi connectivity index (χ1) is 13.1. The fourth-order valence-corrected chi connectivity index (χ4v) is 5.89. The number of β-lactam (4-membered cyclic amide) rings is 1. The molecule has 4 heteroatoms. The largest absolute Gasteiger partial charge is 0.395 e.